The number of thioether (sulfide) groups is 1. The van der Waals surface area contributed by atoms with Crippen molar-refractivity contribution in [3.63, 3.8) is 0 Å². The minimum Gasteiger partial charge on any atom is -0.462 e. The Morgan fingerprint density at radius 1 is 1.15 bits per heavy atom. The first-order valence-electron chi connectivity index (χ1n) is 10.6. The summed E-state index contributed by atoms with van der Waals surface area (Å²) in [4.78, 5) is 42.2. The van der Waals surface area contributed by atoms with Crippen molar-refractivity contribution >= 4 is 51.4 Å². The van der Waals surface area contributed by atoms with Crippen molar-refractivity contribution in [2.24, 2.45) is 0 Å². The van der Waals surface area contributed by atoms with Crippen LogP contribution < -0.4 is 10.9 Å². The van der Waals surface area contributed by atoms with Crippen molar-refractivity contribution in [2.45, 2.75) is 32.0 Å². The Morgan fingerprint density at radius 2 is 1.97 bits per heavy atom. The molecule has 8 nitrogen and oxygen atoms in total. The monoisotopic (exact) mass is 465 g/mol. The molecule has 4 rings (SSSR count). The van der Waals surface area contributed by atoms with E-state index >= 15 is 0 Å². The average Bonchev–Trinajstić information content (AvgIpc) is 3.19. The van der Waals surface area contributed by atoms with Crippen LogP contribution in [0.3, 0.4) is 0 Å². The molecule has 0 spiro atoms. The molecule has 0 bridgehead atoms. The summed E-state index contributed by atoms with van der Waals surface area (Å²) in [5.41, 5.74) is 1.89. The van der Waals surface area contributed by atoms with Crippen LogP contribution in [0.15, 0.2) is 62.9 Å². The second-order valence-electron chi connectivity index (χ2n) is 7.27. The van der Waals surface area contributed by atoms with Crippen molar-refractivity contribution in [3.05, 3.63) is 64.4 Å². The van der Waals surface area contributed by atoms with E-state index in [9.17, 15) is 14.4 Å². The summed E-state index contributed by atoms with van der Waals surface area (Å²) in [5.74, 6) is -0.687. The predicted octanol–water partition coefficient (Wildman–Crippen LogP) is 4.46. The number of anilines is 1. The van der Waals surface area contributed by atoms with Crippen LogP contribution in [-0.2, 0) is 16.1 Å². The SMILES string of the molecule is CCCn1c(SCC(=O)Nc2cccc(C(=O)OCC)c2)nc2c(oc3ccccc32)c1=O. The molecule has 2 aromatic heterocycles. The molecule has 0 saturated heterocycles. The molecule has 4 aromatic rings. The summed E-state index contributed by atoms with van der Waals surface area (Å²) in [6, 6.07) is 13.9. The van der Waals surface area contributed by atoms with Crippen LogP contribution in [0.25, 0.3) is 22.1 Å². The molecule has 9 heteroatoms. The quantitative estimate of drug-likeness (QED) is 0.233. The van der Waals surface area contributed by atoms with Gasteiger partial charge in [-0.15, -0.1) is 0 Å². The first-order chi connectivity index (χ1) is 16.0. The number of carbonyl (C=O) groups is 2. The van der Waals surface area contributed by atoms with Crippen molar-refractivity contribution in [2.75, 3.05) is 17.7 Å². The largest absolute Gasteiger partial charge is 0.462 e. The van der Waals surface area contributed by atoms with Crippen LogP contribution in [-0.4, -0.2) is 33.8 Å². The highest BCUT2D eigenvalue weighted by Gasteiger charge is 2.18. The number of aromatic nitrogens is 2. The van der Waals surface area contributed by atoms with Gasteiger partial charge in [-0.25, -0.2) is 9.78 Å². The molecule has 0 saturated carbocycles. The number of hydrogen-bond donors (Lipinski definition) is 1. The highest BCUT2D eigenvalue weighted by molar-refractivity contribution is 7.99. The van der Waals surface area contributed by atoms with Gasteiger partial charge in [-0.05, 0) is 43.7 Å². The standard InChI is InChI=1S/C24H23N3O5S/c1-3-12-27-22(29)21-20(17-10-5-6-11-18(17)32-21)26-24(27)33-14-19(28)25-16-9-7-8-15(13-16)23(30)31-4-2/h5-11,13H,3-4,12,14H2,1-2H3,(H,25,28). The van der Waals surface area contributed by atoms with E-state index in [1.54, 1.807) is 41.8 Å². The third kappa shape index (κ3) is 4.78. The second-order valence-corrected chi connectivity index (χ2v) is 8.21. The number of ether oxygens (including phenoxy) is 1. The maximum absolute atomic E-state index is 13.1. The number of para-hydroxylation sites is 1. The van der Waals surface area contributed by atoms with Crippen LogP contribution in [0.5, 0.6) is 0 Å². The molecule has 1 amide bonds. The zero-order chi connectivity index (χ0) is 23.4. The minimum absolute atomic E-state index is 0.0427. The summed E-state index contributed by atoms with van der Waals surface area (Å²) in [6.45, 7) is 4.43. The lowest BCUT2D eigenvalue weighted by Gasteiger charge is -2.11. The topological polar surface area (TPSA) is 103 Å². The van der Waals surface area contributed by atoms with E-state index in [1.807, 2.05) is 25.1 Å². The Balaban J connectivity index is 1.56. The molecule has 1 N–H and O–H groups in total. The van der Waals surface area contributed by atoms with Gasteiger partial charge in [0.05, 0.1) is 17.9 Å². The second kappa shape index (κ2) is 9.91. The Labute approximate surface area is 193 Å². The molecular weight excluding hydrogens is 442 g/mol. The molecule has 0 unspecified atom stereocenters. The van der Waals surface area contributed by atoms with Crippen LogP contribution in [0.4, 0.5) is 5.69 Å². The fourth-order valence-electron chi connectivity index (χ4n) is 3.45. The fraction of sp³-hybridized carbons (Fsp3) is 0.250. The molecule has 2 heterocycles. The lowest BCUT2D eigenvalue weighted by Crippen LogP contribution is -2.23. The number of carbonyl (C=O) groups excluding carboxylic acids is 2. The highest BCUT2D eigenvalue weighted by atomic mass is 32.2. The Kier molecular flexibility index (Phi) is 6.79. The molecule has 0 aliphatic rings. The van der Waals surface area contributed by atoms with E-state index in [4.69, 9.17) is 9.15 Å². The smallest absolute Gasteiger partial charge is 0.338 e. The van der Waals surface area contributed by atoms with Gasteiger partial charge in [0, 0.05) is 17.6 Å². The Morgan fingerprint density at radius 3 is 2.76 bits per heavy atom. The van der Waals surface area contributed by atoms with Crippen LogP contribution in [0.2, 0.25) is 0 Å². The zero-order valence-electron chi connectivity index (χ0n) is 18.3. The fourth-order valence-corrected chi connectivity index (χ4v) is 4.27. The van der Waals surface area contributed by atoms with E-state index in [2.05, 4.69) is 10.3 Å². The van der Waals surface area contributed by atoms with E-state index in [1.165, 1.54) is 11.8 Å². The average molecular weight is 466 g/mol. The molecular formula is C24H23N3O5S. The van der Waals surface area contributed by atoms with Crippen molar-refractivity contribution < 1.29 is 18.7 Å². The van der Waals surface area contributed by atoms with Gasteiger partial charge in [-0.2, -0.15) is 0 Å². The first-order valence-corrected chi connectivity index (χ1v) is 11.6. The molecule has 170 valence electrons. The molecule has 33 heavy (non-hydrogen) atoms. The third-order valence-corrected chi connectivity index (χ3v) is 5.86. The number of rotatable bonds is 8. The number of amides is 1. The molecule has 0 atom stereocenters. The molecule has 0 fully saturated rings. The number of fused-ring (bicyclic) bond motifs is 3. The molecule has 0 radical (unpaired) electrons. The molecule has 0 aliphatic heterocycles. The lowest BCUT2D eigenvalue weighted by atomic mass is 10.2. The maximum Gasteiger partial charge on any atom is 0.338 e. The van der Waals surface area contributed by atoms with Crippen LogP contribution >= 0.6 is 11.8 Å². The van der Waals surface area contributed by atoms with E-state index in [0.29, 0.717) is 34.1 Å². The van der Waals surface area contributed by atoms with Crippen molar-refractivity contribution in [1.29, 1.82) is 0 Å². The number of nitrogens with zero attached hydrogens (tertiary/aromatic N) is 2. The number of furan rings is 1. The summed E-state index contributed by atoms with van der Waals surface area (Å²) >= 11 is 1.18. The summed E-state index contributed by atoms with van der Waals surface area (Å²) in [6.07, 6.45) is 0.730. The van der Waals surface area contributed by atoms with Gasteiger partial charge >= 0.3 is 5.97 Å². The summed E-state index contributed by atoms with van der Waals surface area (Å²) in [5, 5.41) is 3.99. The Hall–Kier alpha value is -3.59. The van der Waals surface area contributed by atoms with Crippen LogP contribution in [0, 0.1) is 0 Å². The minimum atomic E-state index is -0.448. The zero-order valence-corrected chi connectivity index (χ0v) is 19.1. The lowest BCUT2D eigenvalue weighted by molar-refractivity contribution is -0.113. The van der Waals surface area contributed by atoms with E-state index < -0.39 is 5.97 Å². The van der Waals surface area contributed by atoms with Gasteiger partial charge in [-0.1, -0.05) is 36.9 Å². The number of hydrogen-bond acceptors (Lipinski definition) is 7. The van der Waals surface area contributed by atoms with Gasteiger partial charge in [-0.3, -0.25) is 14.2 Å². The van der Waals surface area contributed by atoms with Crippen molar-refractivity contribution in [1.82, 2.24) is 9.55 Å². The summed E-state index contributed by atoms with van der Waals surface area (Å²) < 4.78 is 12.3. The van der Waals surface area contributed by atoms with E-state index in [0.717, 1.165) is 11.8 Å². The summed E-state index contributed by atoms with van der Waals surface area (Å²) in [7, 11) is 0. The molecule has 0 aliphatic carbocycles. The van der Waals surface area contributed by atoms with Crippen LogP contribution in [0.1, 0.15) is 30.6 Å². The third-order valence-electron chi connectivity index (χ3n) is 4.88. The number of benzene rings is 2. The Bertz CT molecular complexity index is 1390. The first kappa shape index (κ1) is 22.6. The van der Waals surface area contributed by atoms with E-state index in [-0.39, 0.29) is 29.4 Å². The maximum atomic E-state index is 13.1. The normalized spacial score (nSPS) is 11.1. The van der Waals surface area contributed by atoms with Gasteiger partial charge in [0.25, 0.3) is 5.56 Å². The number of nitrogens with one attached hydrogen (secondary N) is 1. The van der Waals surface area contributed by atoms with Gasteiger partial charge in [0.1, 0.15) is 11.1 Å². The highest BCUT2D eigenvalue weighted by Crippen LogP contribution is 2.27. The van der Waals surface area contributed by atoms with Crippen molar-refractivity contribution in [3.8, 4) is 0 Å². The molecule has 2 aromatic carbocycles. The van der Waals surface area contributed by atoms with Gasteiger partial charge in [0.2, 0.25) is 11.5 Å². The van der Waals surface area contributed by atoms with Gasteiger partial charge < -0.3 is 14.5 Å². The number of esters is 1. The van der Waals surface area contributed by atoms with Gasteiger partial charge in [0.15, 0.2) is 5.16 Å². The predicted molar refractivity (Wildman–Crippen MR) is 128 cm³/mol.